The number of phenols is 1. The molecular formula is C15H23NO4. The molecule has 1 rings (SSSR count). The zero-order valence-corrected chi connectivity index (χ0v) is 12.3. The molecule has 5 heteroatoms. The van der Waals surface area contributed by atoms with Gasteiger partial charge in [0.2, 0.25) is 0 Å². The number of para-hydroxylation sites is 1. The third kappa shape index (κ3) is 3.87. The van der Waals surface area contributed by atoms with E-state index in [1.54, 1.807) is 30.1 Å². The van der Waals surface area contributed by atoms with Crippen molar-refractivity contribution in [2.24, 2.45) is 0 Å². The lowest BCUT2D eigenvalue weighted by Crippen LogP contribution is -2.31. The molecule has 1 aromatic carbocycles. The minimum atomic E-state index is -0.979. The molecule has 0 radical (unpaired) electrons. The summed E-state index contributed by atoms with van der Waals surface area (Å²) >= 11 is 0. The van der Waals surface area contributed by atoms with Gasteiger partial charge in [-0.2, -0.15) is 0 Å². The topological polar surface area (TPSA) is 70.0 Å². The number of unbranched alkanes of at least 4 members (excludes halogenated alkanes) is 1. The summed E-state index contributed by atoms with van der Waals surface area (Å²) in [6.07, 6.45) is 1.90. The van der Waals surface area contributed by atoms with Crippen LogP contribution in [0.15, 0.2) is 18.2 Å². The van der Waals surface area contributed by atoms with E-state index in [0.717, 1.165) is 12.8 Å². The van der Waals surface area contributed by atoms with E-state index in [4.69, 9.17) is 4.74 Å². The van der Waals surface area contributed by atoms with Crippen LogP contribution in [0.3, 0.4) is 0 Å². The van der Waals surface area contributed by atoms with Crippen LogP contribution >= 0.6 is 0 Å². The number of aliphatic carboxylic acids is 1. The summed E-state index contributed by atoms with van der Waals surface area (Å²) in [6, 6.07) is 4.08. The third-order valence-corrected chi connectivity index (χ3v) is 3.16. The molecule has 0 saturated carbocycles. The second kappa shape index (κ2) is 7.75. The summed E-state index contributed by atoms with van der Waals surface area (Å²) in [7, 11) is 1.75. The van der Waals surface area contributed by atoms with E-state index in [-0.39, 0.29) is 5.75 Å². The van der Waals surface area contributed by atoms with E-state index in [9.17, 15) is 15.0 Å². The Labute approximate surface area is 119 Å². The van der Waals surface area contributed by atoms with Crippen molar-refractivity contribution in [3.8, 4) is 11.5 Å². The van der Waals surface area contributed by atoms with Gasteiger partial charge in [0.25, 0.3) is 0 Å². The van der Waals surface area contributed by atoms with Crippen molar-refractivity contribution < 1.29 is 19.7 Å². The number of nitrogens with zero attached hydrogens (tertiary/aromatic N) is 1. The fraction of sp³-hybridized carbons (Fsp3) is 0.533. The fourth-order valence-corrected chi connectivity index (χ4v) is 2.13. The molecule has 0 aliphatic heterocycles. The normalized spacial score (nSPS) is 12.4. The Hall–Kier alpha value is -1.75. The maximum absolute atomic E-state index is 11.5. The number of rotatable bonds is 8. The Kier molecular flexibility index (Phi) is 6.31. The number of aromatic hydroxyl groups is 1. The number of ether oxygens (including phenoxy) is 1. The highest BCUT2D eigenvalue weighted by molar-refractivity contribution is 5.77. The van der Waals surface area contributed by atoms with Gasteiger partial charge in [-0.3, -0.25) is 9.69 Å². The molecule has 0 aliphatic carbocycles. The van der Waals surface area contributed by atoms with Crippen molar-refractivity contribution in [1.82, 2.24) is 4.90 Å². The smallest absolute Gasteiger partial charge is 0.325 e. The van der Waals surface area contributed by atoms with Gasteiger partial charge >= 0.3 is 5.97 Å². The van der Waals surface area contributed by atoms with Crippen molar-refractivity contribution in [3.63, 3.8) is 0 Å². The molecular weight excluding hydrogens is 258 g/mol. The largest absolute Gasteiger partial charge is 0.504 e. The van der Waals surface area contributed by atoms with Crippen molar-refractivity contribution in [2.75, 3.05) is 20.2 Å². The molecule has 20 heavy (non-hydrogen) atoms. The molecule has 1 atom stereocenters. The molecule has 0 spiro atoms. The minimum Gasteiger partial charge on any atom is -0.504 e. The Morgan fingerprint density at radius 1 is 1.40 bits per heavy atom. The maximum Gasteiger partial charge on any atom is 0.325 e. The first-order chi connectivity index (χ1) is 9.52. The van der Waals surface area contributed by atoms with E-state index in [0.29, 0.717) is 24.5 Å². The van der Waals surface area contributed by atoms with Gasteiger partial charge in [-0.1, -0.05) is 25.5 Å². The van der Waals surface area contributed by atoms with E-state index in [2.05, 4.69) is 6.92 Å². The minimum absolute atomic E-state index is 0.0925. The number of hydrogen-bond donors (Lipinski definition) is 2. The summed E-state index contributed by atoms with van der Waals surface area (Å²) < 4.78 is 5.31. The molecule has 0 bridgehead atoms. The summed E-state index contributed by atoms with van der Waals surface area (Å²) in [5.74, 6) is -0.752. The SMILES string of the molecule is CCCCN(C)C(C(=O)O)c1cccc(OCC)c1O. The van der Waals surface area contributed by atoms with Crippen LogP contribution in [0, 0.1) is 0 Å². The predicted octanol–water partition coefficient (Wildman–Crippen LogP) is 2.65. The monoisotopic (exact) mass is 281 g/mol. The van der Waals surface area contributed by atoms with E-state index < -0.39 is 12.0 Å². The molecule has 0 amide bonds. The van der Waals surface area contributed by atoms with Crippen LogP contribution in [-0.2, 0) is 4.79 Å². The highest BCUT2D eigenvalue weighted by atomic mass is 16.5. The number of phenolic OH excluding ortho intramolecular Hbond substituents is 1. The van der Waals surface area contributed by atoms with Crippen LogP contribution in [0.25, 0.3) is 0 Å². The van der Waals surface area contributed by atoms with E-state index in [1.807, 2.05) is 6.92 Å². The molecule has 0 fully saturated rings. The lowest BCUT2D eigenvalue weighted by atomic mass is 10.0. The van der Waals surface area contributed by atoms with Gasteiger partial charge in [0, 0.05) is 5.56 Å². The van der Waals surface area contributed by atoms with Crippen LogP contribution in [0.1, 0.15) is 38.3 Å². The molecule has 0 aromatic heterocycles. The lowest BCUT2D eigenvalue weighted by molar-refractivity contribution is -0.143. The lowest BCUT2D eigenvalue weighted by Gasteiger charge is -2.25. The highest BCUT2D eigenvalue weighted by Gasteiger charge is 2.28. The first-order valence-corrected chi connectivity index (χ1v) is 6.90. The van der Waals surface area contributed by atoms with Crippen LogP contribution in [0.5, 0.6) is 11.5 Å². The molecule has 0 aliphatic rings. The van der Waals surface area contributed by atoms with Crippen LogP contribution < -0.4 is 4.74 Å². The van der Waals surface area contributed by atoms with E-state index >= 15 is 0 Å². The molecule has 112 valence electrons. The first-order valence-electron chi connectivity index (χ1n) is 6.90. The van der Waals surface area contributed by atoms with Crippen LogP contribution in [0.2, 0.25) is 0 Å². The Morgan fingerprint density at radius 3 is 2.65 bits per heavy atom. The average Bonchev–Trinajstić information content (AvgIpc) is 2.40. The van der Waals surface area contributed by atoms with Gasteiger partial charge < -0.3 is 14.9 Å². The molecule has 1 unspecified atom stereocenters. The quantitative estimate of drug-likeness (QED) is 0.766. The first kappa shape index (κ1) is 16.3. The van der Waals surface area contributed by atoms with Gasteiger partial charge in [0.05, 0.1) is 6.61 Å². The molecule has 0 saturated heterocycles. The van der Waals surface area contributed by atoms with Crippen molar-refractivity contribution in [3.05, 3.63) is 23.8 Å². The van der Waals surface area contributed by atoms with Crippen LogP contribution in [-0.4, -0.2) is 41.3 Å². The number of likely N-dealkylation sites (N-methyl/N-ethyl adjacent to an activating group) is 1. The Balaban J connectivity index is 3.09. The van der Waals surface area contributed by atoms with Gasteiger partial charge in [-0.15, -0.1) is 0 Å². The van der Waals surface area contributed by atoms with Crippen molar-refractivity contribution in [2.45, 2.75) is 32.7 Å². The maximum atomic E-state index is 11.5. The average molecular weight is 281 g/mol. The van der Waals surface area contributed by atoms with Crippen molar-refractivity contribution >= 4 is 5.97 Å². The van der Waals surface area contributed by atoms with Gasteiger partial charge in [0.15, 0.2) is 11.5 Å². The molecule has 2 N–H and O–H groups in total. The Bertz CT molecular complexity index is 447. The summed E-state index contributed by atoms with van der Waals surface area (Å²) in [5, 5.41) is 19.6. The number of carbonyl (C=O) groups is 1. The summed E-state index contributed by atoms with van der Waals surface area (Å²) in [6.45, 7) is 4.94. The van der Waals surface area contributed by atoms with E-state index in [1.165, 1.54) is 0 Å². The highest BCUT2D eigenvalue weighted by Crippen LogP contribution is 2.36. The third-order valence-electron chi connectivity index (χ3n) is 3.16. The summed E-state index contributed by atoms with van der Waals surface area (Å²) in [5.41, 5.74) is 0.363. The second-order valence-corrected chi connectivity index (χ2v) is 4.70. The van der Waals surface area contributed by atoms with Crippen LogP contribution in [0.4, 0.5) is 0 Å². The molecule has 5 nitrogen and oxygen atoms in total. The second-order valence-electron chi connectivity index (χ2n) is 4.70. The predicted molar refractivity (Wildman–Crippen MR) is 77.2 cm³/mol. The van der Waals surface area contributed by atoms with Gasteiger partial charge in [-0.05, 0) is 33.0 Å². The fourth-order valence-electron chi connectivity index (χ4n) is 2.13. The number of carboxylic acid groups (broad SMARTS) is 1. The van der Waals surface area contributed by atoms with Gasteiger partial charge in [-0.25, -0.2) is 0 Å². The van der Waals surface area contributed by atoms with Gasteiger partial charge in [0.1, 0.15) is 6.04 Å². The number of hydrogen-bond acceptors (Lipinski definition) is 4. The van der Waals surface area contributed by atoms with Crippen molar-refractivity contribution in [1.29, 1.82) is 0 Å². The molecule has 1 aromatic rings. The zero-order valence-electron chi connectivity index (χ0n) is 12.3. The number of benzene rings is 1. The number of carboxylic acids is 1. The molecule has 0 heterocycles. The standard InChI is InChI=1S/C15H23NO4/c1-4-6-10-16(3)13(15(18)19)11-8-7-9-12(14(11)17)20-5-2/h7-9,13,17H,4-6,10H2,1-3H3,(H,18,19). The summed E-state index contributed by atoms with van der Waals surface area (Å²) in [4.78, 5) is 13.3. The zero-order chi connectivity index (χ0) is 15.1. The Morgan fingerprint density at radius 2 is 2.10 bits per heavy atom.